The van der Waals surface area contributed by atoms with E-state index < -0.39 is 0 Å². The number of anilines is 3. The summed E-state index contributed by atoms with van der Waals surface area (Å²) in [6.07, 6.45) is 0. The molecule has 0 amide bonds. The van der Waals surface area contributed by atoms with Crippen LogP contribution in [0.2, 0.25) is 0 Å². The topological polar surface area (TPSA) is 8.17 Å². The Labute approximate surface area is 383 Å². The maximum Gasteiger partial charge on any atom is 0.0547 e. The van der Waals surface area contributed by atoms with Gasteiger partial charge in [0, 0.05) is 33.5 Å². The van der Waals surface area contributed by atoms with Crippen LogP contribution < -0.4 is 4.90 Å². The van der Waals surface area contributed by atoms with Gasteiger partial charge in [0.05, 0.1) is 11.0 Å². The zero-order chi connectivity index (χ0) is 43.6. The van der Waals surface area contributed by atoms with Gasteiger partial charge in [-0.2, -0.15) is 0 Å². The summed E-state index contributed by atoms with van der Waals surface area (Å²) in [5.74, 6) is 0. The molecule has 0 radical (unpaired) electrons. The Hall–Kier alpha value is -8.72. The maximum absolute atomic E-state index is 2.40. The fourth-order valence-electron chi connectivity index (χ4n) is 10.5. The Morgan fingerprint density at radius 1 is 0.258 bits per heavy atom. The van der Waals surface area contributed by atoms with Crippen LogP contribution in [0.15, 0.2) is 255 Å². The molecule has 0 unspecified atom stereocenters. The van der Waals surface area contributed by atoms with Crippen molar-refractivity contribution in [2.45, 2.75) is 0 Å². The minimum Gasteiger partial charge on any atom is -0.310 e. The summed E-state index contributed by atoms with van der Waals surface area (Å²) in [5.41, 5.74) is 14.0. The number of hydrogen-bond donors (Lipinski definition) is 0. The first kappa shape index (κ1) is 37.8. The number of aromatic nitrogens is 1. The third kappa shape index (κ3) is 6.26. The second kappa shape index (κ2) is 15.5. The molecule has 308 valence electrons. The second-order valence-corrected chi connectivity index (χ2v) is 17.3. The minimum absolute atomic E-state index is 1.09. The van der Waals surface area contributed by atoms with Crippen molar-refractivity contribution in [3.8, 4) is 39.1 Å². The molecule has 0 aliphatic rings. The van der Waals surface area contributed by atoms with Crippen LogP contribution in [-0.4, -0.2) is 4.57 Å². The third-order valence-corrected chi connectivity index (χ3v) is 13.5. The Morgan fingerprint density at radius 2 is 0.818 bits per heavy atom. The van der Waals surface area contributed by atoms with Gasteiger partial charge in [0.2, 0.25) is 0 Å². The van der Waals surface area contributed by atoms with Crippen LogP contribution in [0.1, 0.15) is 0 Å². The molecule has 0 fully saturated rings. The molecular weight excluding hydrogens is 797 g/mol. The Kier molecular flexibility index (Phi) is 8.89. The van der Waals surface area contributed by atoms with Crippen LogP contribution in [-0.2, 0) is 0 Å². The molecule has 0 bridgehead atoms. The molecule has 2 heteroatoms. The summed E-state index contributed by atoms with van der Waals surface area (Å²) in [6, 6.07) is 93.3. The van der Waals surface area contributed by atoms with Gasteiger partial charge in [-0.25, -0.2) is 0 Å². The second-order valence-electron chi connectivity index (χ2n) is 17.3. The third-order valence-electron chi connectivity index (χ3n) is 13.5. The van der Waals surface area contributed by atoms with Crippen molar-refractivity contribution >= 4 is 82.0 Å². The highest BCUT2D eigenvalue weighted by Crippen LogP contribution is 2.43. The molecule has 2 nitrogen and oxygen atoms in total. The van der Waals surface area contributed by atoms with E-state index in [1.165, 1.54) is 98.3 Å². The molecule has 12 aromatic carbocycles. The normalized spacial score (nSPS) is 11.6. The first-order valence-corrected chi connectivity index (χ1v) is 22.7. The molecule has 0 atom stereocenters. The van der Waals surface area contributed by atoms with E-state index in [0.717, 1.165) is 22.7 Å². The molecule has 66 heavy (non-hydrogen) atoms. The van der Waals surface area contributed by atoms with Crippen molar-refractivity contribution in [2.75, 3.05) is 4.90 Å². The van der Waals surface area contributed by atoms with Gasteiger partial charge in [-0.1, -0.05) is 182 Å². The smallest absolute Gasteiger partial charge is 0.0547 e. The highest BCUT2D eigenvalue weighted by Gasteiger charge is 2.19. The number of nitrogens with zero attached hydrogens (tertiary/aromatic N) is 2. The Bertz CT molecular complexity index is 3970. The van der Waals surface area contributed by atoms with Crippen LogP contribution in [0.3, 0.4) is 0 Å². The quantitative estimate of drug-likeness (QED) is 0.145. The van der Waals surface area contributed by atoms with Crippen LogP contribution in [0.4, 0.5) is 17.1 Å². The molecule has 13 rings (SSSR count). The number of hydrogen-bond acceptors (Lipinski definition) is 1. The van der Waals surface area contributed by atoms with E-state index in [1.54, 1.807) is 0 Å². The fourth-order valence-corrected chi connectivity index (χ4v) is 10.5. The highest BCUT2D eigenvalue weighted by atomic mass is 15.1. The van der Waals surface area contributed by atoms with Gasteiger partial charge in [0.1, 0.15) is 0 Å². The average Bonchev–Trinajstić information content (AvgIpc) is 3.74. The van der Waals surface area contributed by atoms with E-state index in [4.69, 9.17) is 0 Å². The average molecular weight is 839 g/mol. The molecule has 13 aromatic rings. The molecule has 0 aliphatic heterocycles. The summed E-state index contributed by atoms with van der Waals surface area (Å²) in [5, 5.41) is 12.6. The number of benzene rings is 12. The number of fused-ring (bicyclic) bond motifs is 9. The van der Waals surface area contributed by atoms with Crippen LogP contribution in [0.5, 0.6) is 0 Å². The number of rotatable bonds is 7. The summed E-state index contributed by atoms with van der Waals surface area (Å²) >= 11 is 0. The summed E-state index contributed by atoms with van der Waals surface area (Å²) in [7, 11) is 0. The highest BCUT2D eigenvalue weighted by molar-refractivity contribution is 6.16. The maximum atomic E-state index is 2.40. The monoisotopic (exact) mass is 838 g/mol. The van der Waals surface area contributed by atoms with Crippen LogP contribution >= 0.6 is 0 Å². The van der Waals surface area contributed by atoms with E-state index in [1.807, 2.05) is 0 Å². The van der Waals surface area contributed by atoms with E-state index in [0.29, 0.717) is 0 Å². The predicted octanol–water partition coefficient (Wildman–Crippen LogP) is 17.9. The summed E-state index contributed by atoms with van der Waals surface area (Å²) in [6.45, 7) is 0. The molecule has 1 heterocycles. The SMILES string of the molecule is c1ccc(-n2c3ccccc3c3c(-c4cccc(N(c5ccc(-c6ccc7c(ccc8ccccc87)c6)cc5)c5ccc(-c6cc7ccccc7c7ccccc67)cc5)c4)cccc32)cc1. The molecule has 0 N–H and O–H groups in total. The van der Waals surface area contributed by atoms with Gasteiger partial charge in [-0.15, -0.1) is 0 Å². The van der Waals surface area contributed by atoms with E-state index in [9.17, 15) is 0 Å². The molecule has 0 spiro atoms. The van der Waals surface area contributed by atoms with Crippen molar-refractivity contribution in [3.05, 3.63) is 255 Å². The van der Waals surface area contributed by atoms with E-state index in [2.05, 4.69) is 264 Å². The van der Waals surface area contributed by atoms with Gasteiger partial charge in [-0.05, 0) is 149 Å². The first-order chi connectivity index (χ1) is 32.7. The van der Waals surface area contributed by atoms with Crippen LogP contribution in [0, 0.1) is 0 Å². The van der Waals surface area contributed by atoms with Crippen molar-refractivity contribution < 1.29 is 0 Å². The minimum atomic E-state index is 1.09. The van der Waals surface area contributed by atoms with Gasteiger partial charge < -0.3 is 9.47 Å². The molecule has 0 aliphatic carbocycles. The lowest BCUT2D eigenvalue weighted by atomic mass is 9.93. The summed E-state index contributed by atoms with van der Waals surface area (Å²) in [4.78, 5) is 2.40. The standard InChI is InChI=1S/C64H42N2/c1-2-17-50(18-3-1)66-62-26-11-10-24-60(62)64-57(25-13-27-63(64)66)47-16-12-19-53(41-47)65(51-35-30-43(31-36-51)46-34-39-56-49(40-46)29-28-44-14-4-6-20-54(44)56)52-37-32-45(33-38-52)61-42-48-15-5-7-21-55(48)58-22-8-9-23-59(58)61/h1-42H. The number of para-hydroxylation sites is 2. The summed E-state index contributed by atoms with van der Waals surface area (Å²) < 4.78 is 2.39. The van der Waals surface area contributed by atoms with Crippen molar-refractivity contribution in [1.29, 1.82) is 0 Å². The zero-order valence-corrected chi connectivity index (χ0v) is 36.1. The van der Waals surface area contributed by atoms with Crippen molar-refractivity contribution in [1.82, 2.24) is 4.57 Å². The molecule has 1 aromatic heterocycles. The Morgan fingerprint density at radius 3 is 1.61 bits per heavy atom. The Balaban J connectivity index is 0.947. The predicted molar refractivity (Wildman–Crippen MR) is 282 cm³/mol. The first-order valence-electron chi connectivity index (χ1n) is 22.7. The van der Waals surface area contributed by atoms with E-state index >= 15 is 0 Å². The lowest BCUT2D eigenvalue weighted by molar-refractivity contribution is 1.18. The zero-order valence-electron chi connectivity index (χ0n) is 36.1. The lowest BCUT2D eigenvalue weighted by Crippen LogP contribution is -2.10. The van der Waals surface area contributed by atoms with Gasteiger partial charge in [0.25, 0.3) is 0 Å². The molecule has 0 saturated carbocycles. The largest absolute Gasteiger partial charge is 0.310 e. The lowest BCUT2D eigenvalue weighted by Gasteiger charge is -2.26. The van der Waals surface area contributed by atoms with Gasteiger partial charge >= 0.3 is 0 Å². The van der Waals surface area contributed by atoms with Gasteiger partial charge in [0.15, 0.2) is 0 Å². The molecular formula is C64H42N2. The van der Waals surface area contributed by atoms with Gasteiger partial charge in [-0.3, -0.25) is 0 Å². The molecule has 0 saturated heterocycles. The van der Waals surface area contributed by atoms with E-state index in [-0.39, 0.29) is 0 Å². The van der Waals surface area contributed by atoms with Crippen LogP contribution in [0.25, 0.3) is 104 Å². The van der Waals surface area contributed by atoms with Crippen molar-refractivity contribution in [3.63, 3.8) is 0 Å². The fraction of sp³-hybridized carbons (Fsp3) is 0. The van der Waals surface area contributed by atoms with Crippen molar-refractivity contribution in [2.24, 2.45) is 0 Å².